The molecule has 3 aromatic rings. The van der Waals surface area contributed by atoms with Crippen LogP contribution in [0.15, 0.2) is 30.7 Å². The summed E-state index contributed by atoms with van der Waals surface area (Å²) in [6, 6.07) is 4.24. The van der Waals surface area contributed by atoms with Crippen molar-refractivity contribution in [1.29, 1.82) is 0 Å². The number of H-pyrrole nitrogens is 1. The van der Waals surface area contributed by atoms with E-state index in [1.165, 1.54) is 30.2 Å². The Balaban J connectivity index is 1.43. The van der Waals surface area contributed by atoms with Gasteiger partial charge in [0.1, 0.15) is 0 Å². The van der Waals surface area contributed by atoms with Gasteiger partial charge in [0.15, 0.2) is 5.13 Å². The molecule has 3 aromatic heterocycles. The van der Waals surface area contributed by atoms with Crippen LogP contribution in [-0.2, 0) is 11.3 Å². The number of anilines is 1. The van der Waals surface area contributed by atoms with Crippen LogP contribution in [0.1, 0.15) is 36.1 Å². The van der Waals surface area contributed by atoms with Crippen molar-refractivity contribution in [3.8, 4) is 0 Å². The molecule has 1 atom stereocenters. The van der Waals surface area contributed by atoms with Gasteiger partial charge in [0.25, 0.3) is 0 Å². The Kier molecular flexibility index (Phi) is 4.50. The number of piperidine rings is 1. The molecule has 0 aliphatic carbocycles. The largest absolute Gasteiger partial charge is 0.360 e. The standard InChI is InChI=1S/C18H21N5OS/c1-12(24)22-18-21-9-15(25-18)11-23-6-2-3-13(10-23)14-7-17-16(20-8-14)4-5-19-17/h4-5,7-9,13,19H,2-3,6,10-11H2,1H3,(H,21,22,24)/t13-/m1/s1. The molecular formula is C18H21N5OS. The molecule has 0 spiro atoms. The third kappa shape index (κ3) is 3.72. The van der Waals surface area contributed by atoms with Gasteiger partial charge in [-0.25, -0.2) is 4.98 Å². The van der Waals surface area contributed by atoms with Gasteiger partial charge in [-0.2, -0.15) is 0 Å². The topological polar surface area (TPSA) is 73.9 Å². The number of amides is 1. The summed E-state index contributed by atoms with van der Waals surface area (Å²) in [6.07, 6.45) is 8.21. The van der Waals surface area contributed by atoms with E-state index in [-0.39, 0.29) is 5.91 Å². The van der Waals surface area contributed by atoms with E-state index in [9.17, 15) is 4.79 Å². The number of rotatable bonds is 4. The van der Waals surface area contributed by atoms with Crippen molar-refractivity contribution in [2.45, 2.75) is 32.2 Å². The number of hydrogen-bond donors (Lipinski definition) is 2. The summed E-state index contributed by atoms with van der Waals surface area (Å²) in [5.74, 6) is 0.433. The average Bonchev–Trinajstić information content (AvgIpc) is 3.23. The normalized spacial score (nSPS) is 18.5. The minimum atomic E-state index is -0.0776. The first-order valence-electron chi connectivity index (χ1n) is 8.55. The predicted octanol–water partition coefficient (Wildman–Crippen LogP) is 3.36. The van der Waals surface area contributed by atoms with Gasteiger partial charge in [-0.05, 0) is 43.0 Å². The van der Waals surface area contributed by atoms with Crippen LogP contribution in [0.3, 0.4) is 0 Å². The van der Waals surface area contributed by atoms with Crippen molar-refractivity contribution in [2.24, 2.45) is 0 Å². The minimum Gasteiger partial charge on any atom is -0.360 e. The number of aromatic nitrogens is 3. The SMILES string of the molecule is CC(=O)Nc1ncc(CN2CCC[C@@H](c3cnc4cc[nH]c4c3)C2)s1. The molecule has 0 unspecified atom stereocenters. The average molecular weight is 355 g/mol. The van der Waals surface area contributed by atoms with Crippen LogP contribution in [0.5, 0.6) is 0 Å². The Hall–Kier alpha value is -2.25. The number of aromatic amines is 1. The number of nitrogens with one attached hydrogen (secondary N) is 2. The van der Waals surface area contributed by atoms with Crippen molar-refractivity contribution in [2.75, 3.05) is 18.4 Å². The Morgan fingerprint density at radius 3 is 3.24 bits per heavy atom. The monoisotopic (exact) mass is 355 g/mol. The summed E-state index contributed by atoms with van der Waals surface area (Å²) < 4.78 is 0. The molecule has 25 heavy (non-hydrogen) atoms. The van der Waals surface area contributed by atoms with Crippen LogP contribution in [0.4, 0.5) is 5.13 Å². The smallest absolute Gasteiger partial charge is 0.223 e. The molecule has 1 aliphatic heterocycles. The van der Waals surface area contributed by atoms with Crippen LogP contribution in [0, 0.1) is 0 Å². The van der Waals surface area contributed by atoms with Gasteiger partial charge in [0.2, 0.25) is 5.91 Å². The fourth-order valence-corrected chi connectivity index (χ4v) is 4.36. The van der Waals surface area contributed by atoms with Gasteiger partial charge >= 0.3 is 0 Å². The molecule has 7 heteroatoms. The van der Waals surface area contributed by atoms with Gasteiger partial charge in [0, 0.05) is 43.5 Å². The molecule has 4 rings (SSSR count). The number of pyridine rings is 1. The third-order valence-corrected chi connectivity index (χ3v) is 5.51. The van der Waals surface area contributed by atoms with Crippen LogP contribution >= 0.6 is 11.3 Å². The fraction of sp³-hybridized carbons (Fsp3) is 0.389. The highest BCUT2D eigenvalue weighted by Crippen LogP contribution is 2.29. The molecule has 0 bridgehead atoms. The highest BCUT2D eigenvalue weighted by molar-refractivity contribution is 7.15. The molecule has 130 valence electrons. The zero-order valence-electron chi connectivity index (χ0n) is 14.2. The lowest BCUT2D eigenvalue weighted by molar-refractivity contribution is -0.114. The first-order chi connectivity index (χ1) is 12.2. The molecule has 4 heterocycles. The molecule has 6 nitrogen and oxygen atoms in total. The minimum absolute atomic E-state index is 0.0776. The number of likely N-dealkylation sites (tertiary alicyclic amines) is 1. The van der Waals surface area contributed by atoms with Crippen molar-refractivity contribution in [1.82, 2.24) is 19.9 Å². The molecule has 1 amide bonds. The first kappa shape index (κ1) is 16.2. The molecule has 1 aliphatic rings. The third-order valence-electron chi connectivity index (χ3n) is 4.61. The van der Waals surface area contributed by atoms with Gasteiger partial charge < -0.3 is 10.3 Å². The predicted molar refractivity (Wildman–Crippen MR) is 99.8 cm³/mol. The Morgan fingerprint density at radius 2 is 2.36 bits per heavy atom. The Labute approximate surface area is 150 Å². The second kappa shape index (κ2) is 6.93. The number of thiazole rings is 1. The molecule has 0 aromatic carbocycles. The summed E-state index contributed by atoms with van der Waals surface area (Å²) >= 11 is 1.55. The first-order valence-corrected chi connectivity index (χ1v) is 9.37. The number of nitrogens with zero attached hydrogens (tertiary/aromatic N) is 3. The van der Waals surface area contributed by atoms with Crippen molar-refractivity contribution in [3.63, 3.8) is 0 Å². The number of fused-ring (bicyclic) bond motifs is 1. The van der Waals surface area contributed by atoms with E-state index in [0.717, 1.165) is 30.7 Å². The Morgan fingerprint density at radius 1 is 1.44 bits per heavy atom. The number of carbonyl (C=O) groups excluding carboxylic acids is 1. The van der Waals surface area contributed by atoms with Gasteiger partial charge in [-0.1, -0.05) is 0 Å². The maximum atomic E-state index is 11.1. The highest BCUT2D eigenvalue weighted by atomic mass is 32.1. The summed E-state index contributed by atoms with van der Waals surface area (Å²) in [7, 11) is 0. The maximum absolute atomic E-state index is 11.1. The van der Waals surface area contributed by atoms with Crippen molar-refractivity contribution >= 4 is 33.4 Å². The van der Waals surface area contributed by atoms with E-state index in [2.05, 4.69) is 31.2 Å². The number of carbonyl (C=O) groups is 1. The van der Waals surface area contributed by atoms with E-state index < -0.39 is 0 Å². The van der Waals surface area contributed by atoms with Crippen LogP contribution in [-0.4, -0.2) is 38.8 Å². The zero-order valence-corrected chi connectivity index (χ0v) is 15.0. The van der Waals surface area contributed by atoms with E-state index in [1.54, 1.807) is 11.3 Å². The van der Waals surface area contributed by atoms with Crippen LogP contribution < -0.4 is 5.32 Å². The fourth-order valence-electron chi connectivity index (χ4n) is 3.45. The van der Waals surface area contributed by atoms with E-state index >= 15 is 0 Å². The van der Waals surface area contributed by atoms with Crippen LogP contribution in [0.2, 0.25) is 0 Å². The molecule has 1 fully saturated rings. The second-order valence-corrected chi connectivity index (χ2v) is 7.68. The van der Waals surface area contributed by atoms with E-state index in [4.69, 9.17) is 0 Å². The lowest BCUT2D eigenvalue weighted by Crippen LogP contribution is -2.33. The zero-order chi connectivity index (χ0) is 17.2. The molecule has 2 N–H and O–H groups in total. The highest BCUT2D eigenvalue weighted by Gasteiger charge is 2.22. The summed E-state index contributed by atoms with van der Waals surface area (Å²) in [6.45, 7) is 4.51. The molecule has 0 radical (unpaired) electrons. The number of hydrogen-bond acceptors (Lipinski definition) is 5. The molecule has 0 saturated carbocycles. The van der Waals surface area contributed by atoms with E-state index in [0.29, 0.717) is 11.0 Å². The lowest BCUT2D eigenvalue weighted by atomic mass is 9.91. The van der Waals surface area contributed by atoms with Crippen LogP contribution in [0.25, 0.3) is 11.0 Å². The molecule has 1 saturated heterocycles. The van der Waals surface area contributed by atoms with Crippen molar-refractivity contribution in [3.05, 3.63) is 41.2 Å². The quantitative estimate of drug-likeness (QED) is 0.753. The molecular weight excluding hydrogens is 334 g/mol. The summed E-state index contributed by atoms with van der Waals surface area (Å²) in [4.78, 5) is 26.9. The van der Waals surface area contributed by atoms with Gasteiger partial charge in [0.05, 0.1) is 11.0 Å². The van der Waals surface area contributed by atoms with E-state index in [1.807, 2.05) is 24.7 Å². The van der Waals surface area contributed by atoms with Crippen molar-refractivity contribution < 1.29 is 4.79 Å². The lowest BCUT2D eigenvalue weighted by Gasteiger charge is -2.32. The maximum Gasteiger partial charge on any atom is 0.223 e. The summed E-state index contributed by atoms with van der Waals surface area (Å²) in [5, 5.41) is 3.43. The second-order valence-electron chi connectivity index (χ2n) is 6.57. The summed E-state index contributed by atoms with van der Waals surface area (Å²) in [5.41, 5.74) is 3.44. The van der Waals surface area contributed by atoms with Gasteiger partial charge in [-0.3, -0.25) is 14.7 Å². The Bertz CT molecular complexity index is 886. The van der Waals surface area contributed by atoms with Gasteiger partial charge in [-0.15, -0.1) is 11.3 Å².